The van der Waals surface area contributed by atoms with Crippen LogP contribution in [0, 0.1) is 0 Å². The van der Waals surface area contributed by atoms with E-state index < -0.39 is 12.2 Å². The summed E-state index contributed by atoms with van der Waals surface area (Å²) in [6.07, 6.45) is -1.13. The lowest BCUT2D eigenvalue weighted by Crippen LogP contribution is -2.36. The molecule has 0 bridgehead atoms. The summed E-state index contributed by atoms with van der Waals surface area (Å²) in [6, 6.07) is 0. The molecule has 4 atom stereocenters. The van der Waals surface area contributed by atoms with Gasteiger partial charge in [-0.3, -0.25) is 9.59 Å². The molecule has 20 heavy (non-hydrogen) atoms. The Morgan fingerprint density at radius 1 is 0.900 bits per heavy atom. The summed E-state index contributed by atoms with van der Waals surface area (Å²) in [5, 5.41) is 0. The minimum Gasteiger partial charge on any atom is -0.457 e. The molecule has 8 heteroatoms. The smallest absolute Gasteiger partial charge is 0.307 e. The van der Waals surface area contributed by atoms with Gasteiger partial charge in [-0.25, -0.2) is 0 Å². The van der Waals surface area contributed by atoms with Crippen LogP contribution >= 0.6 is 25.3 Å². The largest absolute Gasteiger partial charge is 0.457 e. The minimum absolute atomic E-state index is 0.247. The van der Waals surface area contributed by atoms with E-state index in [1.54, 1.807) is 0 Å². The fraction of sp³-hybridized carbons (Fsp3) is 0.833. The van der Waals surface area contributed by atoms with E-state index >= 15 is 0 Å². The molecule has 0 radical (unpaired) electrons. The van der Waals surface area contributed by atoms with Gasteiger partial charge in [0, 0.05) is 11.5 Å². The van der Waals surface area contributed by atoms with Crippen LogP contribution in [-0.4, -0.2) is 61.1 Å². The fourth-order valence-electron chi connectivity index (χ4n) is 2.27. The summed E-state index contributed by atoms with van der Waals surface area (Å²) in [5.41, 5.74) is 0. The summed E-state index contributed by atoms with van der Waals surface area (Å²) in [5.74, 6) is 0.221. The lowest BCUT2D eigenvalue weighted by molar-refractivity contribution is -0.154. The van der Waals surface area contributed by atoms with Crippen LogP contribution in [-0.2, 0) is 28.5 Å². The standard InChI is InChI=1S/C12H18O6S2/c13-9(1-3-19)17-7-5-15-12-8(6-16-11(7)12)18-10(14)2-4-20/h7-8,11-12,19-20H,1-6H2/t7-,8+,11-,12-/m1/s1. The van der Waals surface area contributed by atoms with E-state index in [9.17, 15) is 9.59 Å². The Morgan fingerprint density at radius 2 is 1.30 bits per heavy atom. The molecular weight excluding hydrogens is 304 g/mol. The molecule has 0 spiro atoms. The summed E-state index contributed by atoms with van der Waals surface area (Å²) in [4.78, 5) is 22.9. The van der Waals surface area contributed by atoms with E-state index in [2.05, 4.69) is 25.3 Å². The first kappa shape index (κ1) is 15.9. The van der Waals surface area contributed by atoms with E-state index in [1.807, 2.05) is 0 Å². The molecule has 6 nitrogen and oxygen atoms in total. The summed E-state index contributed by atoms with van der Waals surface area (Å²) in [6.45, 7) is 0.516. The summed E-state index contributed by atoms with van der Waals surface area (Å²) in [7, 11) is 0. The van der Waals surface area contributed by atoms with Crippen molar-refractivity contribution in [2.75, 3.05) is 24.7 Å². The number of hydrogen-bond acceptors (Lipinski definition) is 8. The predicted octanol–water partition coefficient (Wildman–Crippen LogP) is 0.247. The van der Waals surface area contributed by atoms with Crippen LogP contribution in [0.15, 0.2) is 0 Å². The second-order valence-electron chi connectivity index (χ2n) is 4.60. The van der Waals surface area contributed by atoms with E-state index in [4.69, 9.17) is 18.9 Å². The number of thiol groups is 2. The van der Waals surface area contributed by atoms with Crippen molar-refractivity contribution in [1.29, 1.82) is 0 Å². The van der Waals surface area contributed by atoms with Crippen molar-refractivity contribution < 1.29 is 28.5 Å². The van der Waals surface area contributed by atoms with Gasteiger partial charge in [-0.2, -0.15) is 25.3 Å². The SMILES string of the molecule is O=C(CCS)O[C@H]1CO[C@H]2[C@@H]1OC[C@H]2OC(=O)CCS. The second kappa shape index (κ2) is 7.53. The van der Waals surface area contributed by atoms with E-state index in [1.165, 1.54) is 0 Å². The van der Waals surface area contributed by atoms with Gasteiger partial charge in [-0.1, -0.05) is 0 Å². The number of hydrogen-bond donors (Lipinski definition) is 2. The van der Waals surface area contributed by atoms with Crippen LogP contribution in [0.1, 0.15) is 12.8 Å². The number of fused-ring (bicyclic) bond motifs is 1. The van der Waals surface area contributed by atoms with Gasteiger partial charge >= 0.3 is 11.9 Å². The first-order valence-electron chi connectivity index (χ1n) is 6.49. The first-order valence-corrected chi connectivity index (χ1v) is 7.76. The zero-order chi connectivity index (χ0) is 14.5. The molecule has 2 heterocycles. The molecule has 0 aromatic carbocycles. The van der Waals surface area contributed by atoms with Crippen LogP contribution < -0.4 is 0 Å². The van der Waals surface area contributed by atoms with Gasteiger partial charge < -0.3 is 18.9 Å². The number of carbonyl (C=O) groups is 2. The van der Waals surface area contributed by atoms with Gasteiger partial charge in [-0.15, -0.1) is 0 Å². The highest BCUT2D eigenvalue weighted by atomic mass is 32.1. The molecule has 2 rings (SSSR count). The number of esters is 2. The maximum Gasteiger partial charge on any atom is 0.307 e. The summed E-state index contributed by atoms with van der Waals surface area (Å²) >= 11 is 7.95. The van der Waals surface area contributed by atoms with Crippen LogP contribution in [0.5, 0.6) is 0 Å². The Labute approximate surface area is 128 Å². The number of ether oxygens (including phenoxy) is 4. The highest BCUT2D eigenvalue weighted by Crippen LogP contribution is 2.30. The van der Waals surface area contributed by atoms with Crippen LogP contribution in [0.4, 0.5) is 0 Å². The average molecular weight is 322 g/mol. The monoisotopic (exact) mass is 322 g/mol. The van der Waals surface area contributed by atoms with Gasteiger partial charge in [0.05, 0.1) is 26.1 Å². The quantitative estimate of drug-likeness (QED) is 0.539. The van der Waals surface area contributed by atoms with Crippen LogP contribution in [0.25, 0.3) is 0 Å². The number of rotatable bonds is 6. The second-order valence-corrected chi connectivity index (χ2v) is 5.49. The van der Waals surface area contributed by atoms with Crippen molar-refractivity contribution >= 4 is 37.2 Å². The Kier molecular flexibility index (Phi) is 6.01. The molecule has 0 saturated carbocycles. The maximum atomic E-state index is 11.5. The molecule has 2 fully saturated rings. The van der Waals surface area contributed by atoms with Crippen LogP contribution in [0.3, 0.4) is 0 Å². The molecule has 2 saturated heterocycles. The molecule has 114 valence electrons. The van der Waals surface area contributed by atoms with E-state index in [0.29, 0.717) is 11.5 Å². The van der Waals surface area contributed by atoms with Crippen molar-refractivity contribution in [2.24, 2.45) is 0 Å². The summed E-state index contributed by atoms with van der Waals surface area (Å²) < 4.78 is 21.6. The minimum atomic E-state index is -0.444. The third-order valence-electron chi connectivity index (χ3n) is 3.16. The molecule has 0 amide bonds. The van der Waals surface area contributed by atoms with E-state index in [0.717, 1.165) is 0 Å². The van der Waals surface area contributed by atoms with Crippen LogP contribution in [0.2, 0.25) is 0 Å². The van der Waals surface area contributed by atoms with Crippen molar-refractivity contribution in [3.8, 4) is 0 Å². The number of carbonyl (C=O) groups excluding carboxylic acids is 2. The van der Waals surface area contributed by atoms with Gasteiger partial charge in [0.2, 0.25) is 0 Å². The molecule has 0 aliphatic carbocycles. The molecule has 0 aromatic heterocycles. The van der Waals surface area contributed by atoms with Crippen molar-refractivity contribution in [1.82, 2.24) is 0 Å². The lowest BCUT2D eigenvalue weighted by atomic mass is 10.1. The first-order chi connectivity index (χ1) is 9.65. The third kappa shape index (κ3) is 3.81. The van der Waals surface area contributed by atoms with Gasteiger partial charge in [0.1, 0.15) is 12.2 Å². The van der Waals surface area contributed by atoms with Crippen molar-refractivity contribution in [3.05, 3.63) is 0 Å². The van der Waals surface area contributed by atoms with Gasteiger partial charge in [0.15, 0.2) is 12.2 Å². The average Bonchev–Trinajstić information content (AvgIpc) is 2.95. The topological polar surface area (TPSA) is 71.1 Å². The Bertz CT molecular complexity index is 330. The zero-order valence-corrected chi connectivity index (χ0v) is 12.7. The van der Waals surface area contributed by atoms with E-state index in [-0.39, 0.29) is 50.2 Å². The highest BCUT2D eigenvalue weighted by molar-refractivity contribution is 7.80. The Balaban J connectivity index is 1.84. The highest BCUT2D eigenvalue weighted by Gasteiger charge is 2.51. The zero-order valence-electron chi connectivity index (χ0n) is 10.9. The predicted molar refractivity (Wildman–Crippen MR) is 76.2 cm³/mol. The van der Waals surface area contributed by atoms with Crippen molar-refractivity contribution in [3.63, 3.8) is 0 Å². The Hall–Kier alpha value is -0.440. The molecular formula is C12H18O6S2. The fourth-order valence-corrected chi connectivity index (χ4v) is 2.63. The molecule has 0 unspecified atom stereocenters. The lowest BCUT2D eigenvalue weighted by Gasteiger charge is -2.17. The molecule has 2 aliphatic heterocycles. The Morgan fingerprint density at radius 3 is 1.65 bits per heavy atom. The molecule has 0 aromatic rings. The van der Waals surface area contributed by atoms with Gasteiger partial charge in [0.25, 0.3) is 0 Å². The normalized spacial score (nSPS) is 31.9. The van der Waals surface area contributed by atoms with Crippen molar-refractivity contribution in [2.45, 2.75) is 37.3 Å². The maximum absolute atomic E-state index is 11.5. The molecule has 0 N–H and O–H groups in total. The third-order valence-corrected chi connectivity index (χ3v) is 3.61. The van der Waals surface area contributed by atoms with Gasteiger partial charge in [-0.05, 0) is 0 Å². The molecule has 2 aliphatic rings.